The molecular weight excluding hydrogens is 474 g/mol. The summed E-state index contributed by atoms with van der Waals surface area (Å²) in [4.78, 5) is 39.5. The average molecular weight is 508 g/mol. The number of nitrogens with one attached hydrogen (secondary N) is 1. The van der Waals surface area contributed by atoms with Crippen LogP contribution >= 0.6 is 0 Å². The Kier molecular flexibility index (Phi) is 8.77. The van der Waals surface area contributed by atoms with E-state index in [9.17, 15) is 14.4 Å². The predicted octanol–water partition coefficient (Wildman–Crippen LogP) is 3.97. The van der Waals surface area contributed by atoms with Gasteiger partial charge in [0.05, 0.1) is 25.5 Å². The van der Waals surface area contributed by atoms with Crippen LogP contribution in [0.3, 0.4) is 0 Å². The maximum atomic E-state index is 12.3. The Morgan fingerprint density at radius 1 is 1.00 bits per heavy atom. The summed E-state index contributed by atoms with van der Waals surface area (Å²) in [6.07, 6.45) is 5.15. The van der Waals surface area contributed by atoms with Gasteiger partial charge < -0.3 is 25.3 Å². The fourth-order valence-corrected chi connectivity index (χ4v) is 4.71. The van der Waals surface area contributed by atoms with E-state index in [1.54, 1.807) is 12.1 Å². The van der Waals surface area contributed by atoms with Crippen molar-refractivity contribution in [1.82, 2.24) is 5.32 Å². The van der Waals surface area contributed by atoms with Crippen molar-refractivity contribution in [2.45, 2.75) is 57.1 Å². The van der Waals surface area contributed by atoms with Gasteiger partial charge in [0.25, 0.3) is 0 Å². The van der Waals surface area contributed by atoms with Crippen molar-refractivity contribution >= 4 is 23.8 Å². The number of nitrogens with two attached hydrogens (primary N) is 1. The zero-order chi connectivity index (χ0) is 26.2. The highest BCUT2D eigenvalue weighted by Crippen LogP contribution is 2.26. The zero-order valence-corrected chi connectivity index (χ0v) is 21.0. The molecule has 1 saturated carbocycles. The minimum atomic E-state index is -0.748. The Morgan fingerprint density at radius 3 is 2.30 bits per heavy atom. The summed E-state index contributed by atoms with van der Waals surface area (Å²) >= 11 is 0. The van der Waals surface area contributed by atoms with E-state index in [2.05, 4.69) is 15.0 Å². The number of carbonyl (C=O) groups is 3. The standard InChI is InChI=1S/C28H33N3O6/c1-35-28(34)31-26(29)20-9-7-18(8-10-20)19-11-13-23(14-12-19)36-17-22-15-21(27(33)30-22)16-25(32)37-24-5-3-2-4-6-24/h7-14,21-22,24H,2-6,15-17H2,1H3,(H,30,33)(H2,29,31,34)/t21-,22-/m0/s1. The van der Waals surface area contributed by atoms with E-state index in [1.165, 1.54) is 13.5 Å². The fraction of sp³-hybridized carbons (Fsp3) is 0.429. The lowest BCUT2D eigenvalue weighted by Gasteiger charge is -2.22. The molecule has 196 valence electrons. The van der Waals surface area contributed by atoms with Crippen molar-refractivity contribution in [3.8, 4) is 16.9 Å². The van der Waals surface area contributed by atoms with Gasteiger partial charge in [-0.25, -0.2) is 4.79 Å². The third-order valence-corrected chi connectivity index (χ3v) is 6.76. The van der Waals surface area contributed by atoms with Crippen molar-refractivity contribution in [2.24, 2.45) is 16.6 Å². The van der Waals surface area contributed by atoms with Gasteiger partial charge in [-0.15, -0.1) is 0 Å². The van der Waals surface area contributed by atoms with Crippen molar-refractivity contribution in [3.63, 3.8) is 0 Å². The number of amidine groups is 1. The lowest BCUT2D eigenvalue weighted by Crippen LogP contribution is -2.31. The number of aliphatic imine (C=N–C) groups is 1. The minimum absolute atomic E-state index is 0.00398. The van der Waals surface area contributed by atoms with Crippen LogP contribution in [0, 0.1) is 5.92 Å². The summed E-state index contributed by atoms with van der Waals surface area (Å²) in [5.74, 6) is -0.00332. The van der Waals surface area contributed by atoms with Gasteiger partial charge in [0.1, 0.15) is 24.3 Å². The minimum Gasteiger partial charge on any atom is -0.491 e. The average Bonchev–Trinajstić information content (AvgIpc) is 3.26. The van der Waals surface area contributed by atoms with Crippen LogP contribution in [0.2, 0.25) is 0 Å². The van der Waals surface area contributed by atoms with Crippen molar-refractivity contribution in [3.05, 3.63) is 54.1 Å². The first-order valence-corrected chi connectivity index (χ1v) is 12.7. The Bertz CT molecular complexity index is 1120. The quantitative estimate of drug-likeness (QED) is 0.314. The monoisotopic (exact) mass is 507 g/mol. The highest BCUT2D eigenvalue weighted by atomic mass is 16.5. The molecule has 3 N–H and O–H groups in total. The number of hydrogen-bond donors (Lipinski definition) is 2. The van der Waals surface area contributed by atoms with E-state index in [-0.39, 0.29) is 42.2 Å². The van der Waals surface area contributed by atoms with E-state index in [1.807, 2.05) is 36.4 Å². The van der Waals surface area contributed by atoms with E-state index in [0.717, 1.165) is 36.8 Å². The molecule has 37 heavy (non-hydrogen) atoms. The van der Waals surface area contributed by atoms with E-state index >= 15 is 0 Å². The first-order valence-electron chi connectivity index (χ1n) is 12.7. The molecule has 1 aliphatic heterocycles. The second-order valence-corrected chi connectivity index (χ2v) is 9.47. The van der Waals surface area contributed by atoms with Crippen molar-refractivity contribution in [1.29, 1.82) is 0 Å². The number of amides is 2. The summed E-state index contributed by atoms with van der Waals surface area (Å²) in [6, 6.07) is 14.8. The molecule has 0 radical (unpaired) electrons. The molecule has 0 aromatic heterocycles. The van der Waals surface area contributed by atoms with Gasteiger partial charge in [-0.1, -0.05) is 42.8 Å². The number of methoxy groups -OCH3 is 1. The van der Waals surface area contributed by atoms with Gasteiger partial charge in [0.2, 0.25) is 5.91 Å². The van der Waals surface area contributed by atoms with E-state index in [4.69, 9.17) is 15.2 Å². The molecule has 0 unspecified atom stereocenters. The van der Waals surface area contributed by atoms with Crippen LogP contribution in [-0.4, -0.2) is 49.7 Å². The number of esters is 1. The molecule has 2 aromatic rings. The molecule has 9 heteroatoms. The summed E-state index contributed by atoms with van der Waals surface area (Å²) < 4.78 is 16.0. The molecule has 9 nitrogen and oxygen atoms in total. The van der Waals surface area contributed by atoms with Gasteiger partial charge in [-0.2, -0.15) is 4.99 Å². The maximum Gasteiger partial charge on any atom is 0.435 e. The van der Waals surface area contributed by atoms with Crippen molar-refractivity contribution < 1.29 is 28.6 Å². The fourth-order valence-electron chi connectivity index (χ4n) is 4.71. The molecule has 0 spiro atoms. The summed E-state index contributed by atoms with van der Waals surface area (Å²) in [7, 11) is 1.24. The smallest absolute Gasteiger partial charge is 0.435 e. The largest absolute Gasteiger partial charge is 0.491 e. The molecule has 0 bridgehead atoms. The Balaban J connectivity index is 1.25. The summed E-state index contributed by atoms with van der Waals surface area (Å²) in [5, 5.41) is 2.93. The van der Waals surface area contributed by atoms with Crippen LogP contribution in [0.4, 0.5) is 4.79 Å². The first kappa shape index (κ1) is 26.2. The van der Waals surface area contributed by atoms with Crippen LogP contribution < -0.4 is 15.8 Å². The highest BCUT2D eigenvalue weighted by Gasteiger charge is 2.34. The van der Waals surface area contributed by atoms with Crippen LogP contribution in [-0.2, 0) is 19.1 Å². The molecule has 1 saturated heterocycles. The summed E-state index contributed by atoms with van der Waals surface area (Å²) in [6.45, 7) is 0.326. The summed E-state index contributed by atoms with van der Waals surface area (Å²) in [5.41, 5.74) is 8.39. The van der Waals surface area contributed by atoms with Crippen LogP contribution in [0.15, 0.2) is 53.5 Å². The predicted molar refractivity (Wildman–Crippen MR) is 138 cm³/mol. The molecule has 2 aromatic carbocycles. The number of hydrogen-bond acceptors (Lipinski definition) is 6. The second-order valence-electron chi connectivity index (χ2n) is 9.47. The number of ether oxygens (including phenoxy) is 3. The lowest BCUT2D eigenvalue weighted by molar-refractivity contribution is -0.152. The zero-order valence-electron chi connectivity index (χ0n) is 21.0. The molecule has 1 heterocycles. The Morgan fingerprint density at radius 2 is 1.65 bits per heavy atom. The van der Waals surface area contributed by atoms with Crippen LogP contribution in [0.25, 0.3) is 11.1 Å². The molecule has 4 rings (SSSR count). The number of carbonyl (C=O) groups excluding carboxylic acids is 3. The normalized spacial score (nSPS) is 20.2. The highest BCUT2D eigenvalue weighted by molar-refractivity contribution is 6.03. The first-order chi connectivity index (χ1) is 17.9. The van der Waals surface area contributed by atoms with Gasteiger partial charge in [-0.3, -0.25) is 9.59 Å². The maximum absolute atomic E-state index is 12.3. The second kappa shape index (κ2) is 12.4. The topological polar surface area (TPSA) is 129 Å². The molecular formula is C28H33N3O6. The number of benzene rings is 2. The van der Waals surface area contributed by atoms with Crippen LogP contribution in [0.5, 0.6) is 5.75 Å². The van der Waals surface area contributed by atoms with Crippen molar-refractivity contribution in [2.75, 3.05) is 13.7 Å². The molecule has 2 aliphatic rings. The van der Waals surface area contributed by atoms with E-state index in [0.29, 0.717) is 24.3 Å². The van der Waals surface area contributed by atoms with Gasteiger partial charge in [0.15, 0.2) is 0 Å². The Hall–Kier alpha value is -3.88. The third kappa shape index (κ3) is 7.31. The third-order valence-electron chi connectivity index (χ3n) is 6.76. The lowest BCUT2D eigenvalue weighted by atomic mass is 9.97. The molecule has 2 atom stereocenters. The van der Waals surface area contributed by atoms with Gasteiger partial charge in [0, 0.05) is 5.56 Å². The van der Waals surface area contributed by atoms with E-state index < -0.39 is 6.09 Å². The number of nitrogens with zero attached hydrogens (tertiary/aromatic N) is 1. The number of rotatable bonds is 8. The SMILES string of the molecule is COC(=O)N=C(N)c1ccc(-c2ccc(OC[C@@H]3C[C@@H](CC(=O)OC4CCCCC4)C(=O)N3)cc2)cc1. The Labute approximate surface area is 216 Å². The van der Waals surface area contributed by atoms with Gasteiger partial charge in [-0.05, 0) is 55.4 Å². The van der Waals surface area contributed by atoms with Crippen LogP contribution in [0.1, 0.15) is 50.5 Å². The molecule has 1 aliphatic carbocycles. The molecule has 2 fully saturated rings. The molecule has 2 amide bonds. The van der Waals surface area contributed by atoms with Gasteiger partial charge >= 0.3 is 12.1 Å².